The molecule has 5 saturated heterocycles. The van der Waals surface area contributed by atoms with Crippen LogP contribution in [0.15, 0.2) is 41.2 Å². The van der Waals surface area contributed by atoms with Crippen LogP contribution in [0, 0.1) is 17.7 Å². The summed E-state index contributed by atoms with van der Waals surface area (Å²) >= 11 is 1.75. The van der Waals surface area contributed by atoms with Gasteiger partial charge in [0, 0.05) is 68.9 Å². The number of urea groups is 1. The van der Waals surface area contributed by atoms with Gasteiger partial charge < -0.3 is 24.3 Å². The number of carbonyl (C=O) groups excluding carboxylic acids is 3. The molecule has 15 heteroatoms. The number of carbonyl (C=O) groups is 3. The average molecular weight is 818 g/mol. The quantitative estimate of drug-likeness (QED) is 0.253. The summed E-state index contributed by atoms with van der Waals surface area (Å²) in [5.74, 6) is 2.25. The van der Waals surface area contributed by atoms with Crippen LogP contribution in [-0.2, 0) is 20.1 Å². The first-order valence-corrected chi connectivity index (χ1v) is 22.3. The van der Waals surface area contributed by atoms with E-state index in [0.717, 1.165) is 116 Å². The molecule has 4 amide bonds. The highest BCUT2D eigenvalue weighted by Crippen LogP contribution is 2.32. The molecule has 3 aromatic rings. The van der Waals surface area contributed by atoms with Gasteiger partial charge in [0.25, 0.3) is 5.56 Å². The molecule has 0 aliphatic carbocycles. The second-order valence-corrected chi connectivity index (χ2v) is 18.0. The Morgan fingerprint density at radius 2 is 1.57 bits per heavy atom. The third kappa shape index (κ3) is 10.2. The lowest BCUT2D eigenvalue weighted by atomic mass is 9.88. The van der Waals surface area contributed by atoms with Gasteiger partial charge in [-0.3, -0.25) is 29.5 Å². The number of aromatic nitrogens is 2. The summed E-state index contributed by atoms with van der Waals surface area (Å²) < 4.78 is 26.6. The summed E-state index contributed by atoms with van der Waals surface area (Å²) in [6.45, 7) is 9.32. The number of thioether (sulfide) groups is 1. The van der Waals surface area contributed by atoms with Gasteiger partial charge in [-0.15, -0.1) is 0 Å². The number of rotatable bonds is 12. The smallest absolute Gasteiger partial charge is 0.328 e. The molecule has 13 nitrogen and oxygen atoms in total. The highest BCUT2D eigenvalue weighted by molar-refractivity contribution is 7.99. The predicted molar refractivity (Wildman–Crippen MR) is 222 cm³/mol. The number of imide groups is 1. The van der Waals surface area contributed by atoms with E-state index in [1.54, 1.807) is 22.7 Å². The van der Waals surface area contributed by atoms with Gasteiger partial charge in [0.15, 0.2) is 0 Å². The van der Waals surface area contributed by atoms with Crippen LogP contribution in [0.4, 0.5) is 14.9 Å². The van der Waals surface area contributed by atoms with Crippen LogP contribution in [0.25, 0.3) is 10.9 Å². The zero-order chi connectivity index (χ0) is 40.0. The van der Waals surface area contributed by atoms with Crippen LogP contribution in [-0.4, -0.2) is 126 Å². The first-order valence-electron chi connectivity index (χ1n) is 21.2. The predicted octanol–water partition coefficient (Wildman–Crippen LogP) is 5.13. The number of anilines is 1. The summed E-state index contributed by atoms with van der Waals surface area (Å²) in [5, 5.41) is 2.81. The molecule has 1 aromatic heterocycles. The van der Waals surface area contributed by atoms with Crippen molar-refractivity contribution in [1.29, 1.82) is 0 Å². The first-order chi connectivity index (χ1) is 28.2. The van der Waals surface area contributed by atoms with Crippen molar-refractivity contribution >= 4 is 46.2 Å². The van der Waals surface area contributed by atoms with Gasteiger partial charge in [-0.1, -0.05) is 12.1 Å². The van der Waals surface area contributed by atoms with Crippen LogP contribution in [0.3, 0.4) is 0 Å². The van der Waals surface area contributed by atoms with Gasteiger partial charge in [-0.25, -0.2) is 14.2 Å². The Balaban J connectivity index is 0.720. The van der Waals surface area contributed by atoms with Gasteiger partial charge >= 0.3 is 6.03 Å². The van der Waals surface area contributed by atoms with Crippen molar-refractivity contribution in [2.45, 2.75) is 74.7 Å². The van der Waals surface area contributed by atoms with Gasteiger partial charge in [0.2, 0.25) is 11.8 Å². The second-order valence-electron chi connectivity index (χ2n) is 16.7. The van der Waals surface area contributed by atoms with E-state index in [2.05, 4.69) is 42.1 Å². The number of nitrogens with zero attached hydrogens (tertiary/aromatic N) is 5. The largest absolute Gasteiger partial charge is 0.493 e. The minimum Gasteiger partial charge on any atom is -0.493 e. The number of ether oxygens (including phenoxy) is 2. The fourth-order valence-corrected chi connectivity index (χ4v) is 10.2. The zero-order valence-corrected chi connectivity index (χ0v) is 34.1. The van der Waals surface area contributed by atoms with Gasteiger partial charge in [0.1, 0.15) is 22.8 Å². The Bertz CT molecular complexity index is 1970. The van der Waals surface area contributed by atoms with E-state index >= 15 is 4.39 Å². The Labute approximate surface area is 343 Å². The lowest BCUT2D eigenvalue weighted by Gasteiger charge is -2.38. The fraction of sp³-hybridized carbons (Fsp3) is 0.605. The molecule has 0 unspecified atom stereocenters. The van der Waals surface area contributed by atoms with Crippen LogP contribution in [0.1, 0.15) is 75.1 Å². The Morgan fingerprint density at radius 1 is 0.862 bits per heavy atom. The van der Waals surface area contributed by atoms with Gasteiger partial charge in [0.05, 0.1) is 24.4 Å². The molecular formula is C43H56FN7O6S. The van der Waals surface area contributed by atoms with E-state index in [0.29, 0.717) is 72.0 Å². The number of H-pyrrole nitrogens is 1. The molecule has 5 aliphatic rings. The topological polar surface area (TPSA) is 140 Å². The molecule has 0 radical (unpaired) electrons. The maximum Gasteiger partial charge on any atom is 0.328 e. The number of likely N-dealkylation sites (tertiary alicyclic amines) is 3. The summed E-state index contributed by atoms with van der Waals surface area (Å²) in [6.07, 6.45) is 8.37. The number of benzene rings is 2. The number of hydrogen-bond acceptors (Lipinski definition) is 10. The van der Waals surface area contributed by atoms with Crippen LogP contribution in [0.2, 0.25) is 0 Å². The van der Waals surface area contributed by atoms with Crippen molar-refractivity contribution in [1.82, 2.24) is 30.0 Å². The van der Waals surface area contributed by atoms with Gasteiger partial charge in [-0.2, -0.15) is 11.8 Å². The lowest BCUT2D eigenvalue weighted by molar-refractivity contribution is -0.134. The standard InChI is InChI=1S/C43H56FN7O6S/c44-36-23-34(24-37-41(36)42(54)46-38(45-37)28-58-35-12-21-56-22-13-35)57-27-30-5-14-49(15-6-30)26-40(53)50-18-7-29(8-19-50)25-48-16-9-32(10-17-48)31-1-3-33(4-2-31)51-20-11-39(52)47-43(51)55/h1-4,23-24,29-30,32,35H,5-22,25-28H2,(H,45,46,54)(H,47,52,55). The minimum atomic E-state index is -0.629. The summed E-state index contributed by atoms with van der Waals surface area (Å²) in [7, 11) is 0. The van der Waals surface area contributed by atoms with E-state index in [1.165, 1.54) is 11.6 Å². The number of halogens is 1. The van der Waals surface area contributed by atoms with E-state index in [-0.39, 0.29) is 23.2 Å². The first kappa shape index (κ1) is 40.7. The molecule has 5 fully saturated rings. The molecule has 312 valence electrons. The van der Waals surface area contributed by atoms with E-state index in [9.17, 15) is 19.2 Å². The average Bonchev–Trinajstić information content (AvgIpc) is 3.23. The molecule has 0 atom stereocenters. The minimum absolute atomic E-state index is 0.0424. The number of fused-ring (bicyclic) bond motifs is 1. The number of piperidine rings is 3. The maximum atomic E-state index is 15.0. The molecule has 6 heterocycles. The van der Waals surface area contributed by atoms with E-state index in [4.69, 9.17) is 9.47 Å². The molecule has 2 aromatic carbocycles. The normalized spacial score (nSPS) is 21.5. The number of aromatic amines is 1. The second kappa shape index (κ2) is 18.9. The SMILES string of the molecule is O=C1CCN(c2ccc(C3CCN(CC4CCN(C(=O)CN5CCC(COc6cc(F)c7c(=O)[nH]c(CSC8CCOCC8)nc7c6)CC5)CC4)CC3)cc2)C(=O)N1. The summed E-state index contributed by atoms with van der Waals surface area (Å²) in [6, 6.07) is 10.9. The summed E-state index contributed by atoms with van der Waals surface area (Å²) in [4.78, 5) is 65.6. The van der Waals surface area contributed by atoms with Crippen LogP contribution < -0.4 is 20.5 Å². The third-order valence-corrected chi connectivity index (χ3v) is 14.1. The van der Waals surface area contributed by atoms with Crippen molar-refractivity contribution in [3.8, 4) is 5.75 Å². The zero-order valence-electron chi connectivity index (χ0n) is 33.3. The van der Waals surface area contributed by atoms with Crippen molar-refractivity contribution in [3.63, 3.8) is 0 Å². The molecular weight excluding hydrogens is 762 g/mol. The molecule has 0 saturated carbocycles. The molecule has 2 N–H and O–H groups in total. The molecule has 0 bridgehead atoms. The molecule has 58 heavy (non-hydrogen) atoms. The highest BCUT2D eigenvalue weighted by atomic mass is 32.2. The van der Waals surface area contributed by atoms with Gasteiger partial charge in [-0.05, 0) is 113 Å². The van der Waals surface area contributed by atoms with E-state index < -0.39 is 11.4 Å². The molecule has 8 rings (SSSR count). The molecule has 5 aliphatic heterocycles. The van der Waals surface area contributed by atoms with E-state index in [1.807, 2.05) is 12.1 Å². The number of nitrogens with one attached hydrogen (secondary N) is 2. The van der Waals surface area contributed by atoms with Crippen molar-refractivity contribution in [3.05, 3.63) is 64.0 Å². The Hall–Kier alpha value is -4.05. The Kier molecular flexibility index (Phi) is 13.3. The maximum absolute atomic E-state index is 15.0. The third-order valence-electron chi connectivity index (χ3n) is 12.8. The number of hydrogen-bond donors (Lipinski definition) is 2. The van der Waals surface area contributed by atoms with Crippen LogP contribution in [0.5, 0.6) is 5.75 Å². The van der Waals surface area contributed by atoms with Crippen molar-refractivity contribution in [2.24, 2.45) is 11.8 Å². The van der Waals surface area contributed by atoms with Crippen LogP contribution >= 0.6 is 11.8 Å². The highest BCUT2D eigenvalue weighted by Gasteiger charge is 2.30. The fourth-order valence-electron chi connectivity index (χ4n) is 9.17. The monoisotopic (exact) mass is 817 g/mol. The Morgan fingerprint density at radius 3 is 2.29 bits per heavy atom. The van der Waals surface area contributed by atoms with Crippen molar-refractivity contribution < 1.29 is 28.2 Å². The lowest BCUT2D eigenvalue weighted by Crippen LogP contribution is -2.49. The molecule has 0 spiro atoms. The van der Waals surface area contributed by atoms with Crippen molar-refractivity contribution in [2.75, 3.05) is 83.6 Å². The summed E-state index contributed by atoms with van der Waals surface area (Å²) in [5.41, 5.74) is 1.97. The number of amides is 4.